The molecule has 1 aromatic rings. The SMILES string of the molecule is CC#CC#CC#CC#CC#CC#CC#CC#CC(=O)N(C(=O)C#CC#CC#CC#CC#CC#CC#CC#CC)c1sc2c(c1C(=O)OCC)CCN(C(=O)CCCN(C)C)C2. The predicted molar refractivity (Wildman–Crippen MR) is 235 cm³/mol. The Morgan fingerprint density at radius 3 is 1.38 bits per heavy atom. The fourth-order valence-corrected chi connectivity index (χ4v) is 5.66. The van der Waals surface area contributed by atoms with Crippen molar-refractivity contribution >= 4 is 40.0 Å². The molecular formula is C52H29N3O5S. The van der Waals surface area contributed by atoms with E-state index >= 15 is 0 Å². The lowest BCUT2D eigenvalue weighted by Crippen LogP contribution is -2.36. The van der Waals surface area contributed by atoms with E-state index in [1.165, 1.54) is 0 Å². The van der Waals surface area contributed by atoms with Gasteiger partial charge in [0.15, 0.2) is 0 Å². The highest BCUT2D eigenvalue weighted by atomic mass is 32.1. The van der Waals surface area contributed by atoms with Gasteiger partial charge in [0.2, 0.25) is 5.91 Å². The molecule has 1 aromatic heterocycles. The number of imide groups is 1. The summed E-state index contributed by atoms with van der Waals surface area (Å²) >= 11 is 0.995. The second-order valence-corrected chi connectivity index (χ2v) is 12.2. The Labute approximate surface area is 363 Å². The van der Waals surface area contributed by atoms with Crippen LogP contribution >= 0.6 is 11.3 Å². The van der Waals surface area contributed by atoms with Gasteiger partial charge in [-0.15, -0.1) is 11.3 Å². The van der Waals surface area contributed by atoms with Crippen LogP contribution in [0.15, 0.2) is 0 Å². The van der Waals surface area contributed by atoms with E-state index in [1.54, 1.807) is 25.7 Å². The molecule has 0 radical (unpaired) electrons. The molecule has 0 saturated carbocycles. The zero-order chi connectivity index (χ0) is 44.3. The number of carbonyl (C=O) groups is 4. The zero-order valence-corrected chi connectivity index (χ0v) is 34.6. The van der Waals surface area contributed by atoms with E-state index in [4.69, 9.17) is 4.74 Å². The third-order valence-electron chi connectivity index (χ3n) is 6.69. The molecule has 2 heterocycles. The number of esters is 1. The first kappa shape index (κ1) is 47.9. The monoisotopic (exact) mass is 807 g/mol. The Morgan fingerprint density at radius 1 is 0.607 bits per heavy atom. The lowest BCUT2D eigenvalue weighted by Gasteiger charge is -2.27. The normalized spacial score (nSPS) is 8.39. The second-order valence-electron chi connectivity index (χ2n) is 11.1. The molecule has 1 aliphatic heterocycles. The second kappa shape index (κ2) is 29.9. The van der Waals surface area contributed by atoms with Crippen LogP contribution in [0, 0.1) is 189 Å². The van der Waals surface area contributed by atoms with Crippen LogP contribution in [0.25, 0.3) is 0 Å². The number of rotatable bonds is 7. The molecule has 0 saturated heterocycles. The Morgan fingerprint density at radius 2 is 1.00 bits per heavy atom. The Hall–Kier alpha value is -9.30. The summed E-state index contributed by atoms with van der Waals surface area (Å²) in [5.74, 6) is 76.2. The van der Waals surface area contributed by atoms with Crippen molar-refractivity contribution < 1.29 is 23.9 Å². The number of fused-ring (bicyclic) bond motifs is 1. The summed E-state index contributed by atoms with van der Waals surface area (Å²) in [6, 6.07) is 0. The average Bonchev–Trinajstić information content (AvgIpc) is 3.61. The van der Waals surface area contributed by atoms with Crippen LogP contribution in [-0.2, 0) is 32.1 Å². The maximum Gasteiger partial charge on any atom is 0.341 e. The largest absolute Gasteiger partial charge is 0.462 e. The van der Waals surface area contributed by atoms with Crippen molar-refractivity contribution in [3.05, 3.63) is 16.0 Å². The van der Waals surface area contributed by atoms with Crippen LogP contribution in [0.4, 0.5) is 5.00 Å². The highest BCUT2D eigenvalue weighted by molar-refractivity contribution is 7.17. The zero-order valence-electron chi connectivity index (χ0n) is 33.7. The summed E-state index contributed by atoms with van der Waals surface area (Å²) < 4.78 is 5.35. The van der Waals surface area contributed by atoms with Crippen molar-refractivity contribution in [3.8, 4) is 189 Å². The van der Waals surface area contributed by atoms with Crippen LogP contribution < -0.4 is 4.90 Å². The smallest absolute Gasteiger partial charge is 0.341 e. The van der Waals surface area contributed by atoms with Gasteiger partial charge in [0.05, 0.1) is 18.7 Å². The Balaban J connectivity index is 2.48. The van der Waals surface area contributed by atoms with E-state index < -0.39 is 17.8 Å². The van der Waals surface area contributed by atoms with Gasteiger partial charge in [-0.25, -0.2) is 9.69 Å². The first-order chi connectivity index (χ1) is 29.7. The van der Waals surface area contributed by atoms with E-state index in [2.05, 4.69) is 189 Å². The third-order valence-corrected chi connectivity index (χ3v) is 7.89. The summed E-state index contributed by atoms with van der Waals surface area (Å²) in [5.41, 5.74) is 0.577. The first-order valence-electron chi connectivity index (χ1n) is 17.7. The van der Waals surface area contributed by atoms with Gasteiger partial charge in [-0.3, -0.25) is 14.4 Å². The fourth-order valence-electron chi connectivity index (χ4n) is 4.31. The van der Waals surface area contributed by atoms with Gasteiger partial charge in [-0.1, -0.05) is 11.8 Å². The number of ether oxygens (including phenoxy) is 1. The number of anilines is 1. The van der Waals surface area contributed by atoms with E-state index in [0.717, 1.165) is 17.9 Å². The number of thiophene rings is 1. The fraction of sp³-hybridized carbons (Fsp3) is 0.231. The van der Waals surface area contributed by atoms with Crippen molar-refractivity contribution in [3.63, 3.8) is 0 Å². The van der Waals surface area contributed by atoms with Crippen LogP contribution in [0.2, 0.25) is 0 Å². The van der Waals surface area contributed by atoms with E-state index in [0.29, 0.717) is 34.7 Å². The molecule has 0 spiro atoms. The summed E-state index contributed by atoms with van der Waals surface area (Å²) in [6.45, 7) is 6.23. The van der Waals surface area contributed by atoms with E-state index in [9.17, 15) is 19.2 Å². The minimum atomic E-state index is -1.04. The Bertz CT molecular complexity index is 2870. The molecule has 8 nitrogen and oxygen atoms in total. The minimum absolute atomic E-state index is 0.0125. The molecule has 9 heteroatoms. The van der Waals surface area contributed by atoms with Gasteiger partial charge in [0.25, 0.3) is 0 Å². The Kier molecular flexibility index (Phi) is 23.5. The topological polar surface area (TPSA) is 87.2 Å². The van der Waals surface area contributed by atoms with Gasteiger partial charge in [0, 0.05) is 29.7 Å². The van der Waals surface area contributed by atoms with Gasteiger partial charge in [-0.2, -0.15) is 0 Å². The van der Waals surface area contributed by atoms with Crippen LogP contribution in [-0.4, -0.2) is 67.3 Å². The van der Waals surface area contributed by atoms with Crippen LogP contribution in [0.1, 0.15) is 54.4 Å². The molecule has 2 rings (SSSR count). The van der Waals surface area contributed by atoms with Crippen molar-refractivity contribution in [1.29, 1.82) is 0 Å². The highest BCUT2D eigenvalue weighted by Crippen LogP contribution is 2.40. The number of hydrogen-bond donors (Lipinski definition) is 0. The van der Waals surface area contributed by atoms with Gasteiger partial charge in [0.1, 0.15) is 5.00 Å². The lowest BCUT2D eigenvalue weighted by molar-refractivity contribution is -0.132. The van der Waals surface area contributed by atoms with Gasteiger partial charge in [-0.05, 0) is 226 Å². The summed E-state index contributed by atoms with van der Waals surface area (Å²) in [4.78, 5) is 58.8. The maximum atomic E-state index is 13.6. The molecule has 0 bridgehead atoms. The van der Waals surface area contributed by atoms with Crippen molar-refractivity contribution in [2.24, 2.45) is 0 Å². The molecule has 0 unspecified atom stereocenters. The molecule has 61 heavy (non-hydrogen) atoms. The molecule has 0 fully saturated rings. The maximum absolute atomic E-state index is 13.6. The van der Waals surface area contributed by atoms with Crippen molar-refractivity contribution in [1.82, 2.24) is 9.80 Å². The molecular weight excluding hydrogens is 779 g/mol. The number of carbonyl (C=O) groups excluding carboxylic acids is 4. The first-order valence-corrected chi connectivity index (χ1v) is 18.5. The predicted octanol–water partition coefficient (Wildman–Crippen LogP) is 2.11. The van der Waals surface area contributed by atoms with Crippen LogP contribution in [0.3, 0.4) is 0 Å². The third kappa shape index (κ3) is 19.4. The number of hydrogen-bond acceptors (Lipinski definition) is 7. The summed E-state index contributed by atoms with van der Waals surface area (Å²) in [5, 5.41) is -0.0602. The van der Waals surface area contributed by atoms with Crippen molar-refractivity contribution in [2.75, 3.05) is 38.7 Å². The molecule has 0 atom stereocenters. The van der Waals surface area contributed by atoms with Gasteiger partial charge < -0.3 is 14.5 Å². The van der Waals surface area contributed by atoms with E-state index in [-0.39, 0.29) is 36.0 Å². The highest BCUT2D eigenvalue weighted by Gasteiger charge is 2.35. The standard InChI is InChI=1S/C52H29N3O5S/c1-6-9-11-13-15-17-19-21-23-25-27-29-31-33-35-38-48(57)55(49(58)39-36-34-32-30-28-26-24-22-20-18-16-14-12-10-7-2)51-50(52(59)60-8-3)45-41-43-54(44-46(45)61-51)47(56)40-37-42-53(4)5/h8,37,40-44H2,1-5H3. The number of nitrogens with zero attached hydrogens (tertiary/aromatic N) is 3. The van der Waals surface area contributed by atoms with Crippen LogP contribution in [0.5, 0.6) is 0 Å². The molecule has 0 aliphatic carbocycles. The molecule has 1 aliphatic rings. The molecule has 288 valence electrons. The molecule has 3 amide bonds. The van der Waals surface area contributed by atoms with Gasteiger partial charge >= 0.3 is 17.8 Å². The quantitative estimate of drug-likeness (QED) is 0.310. The van der Waals surface area contributed by atoms with Crippen molar-refractivity contribution in [2.45, 2.75) is 46.6 Å². The molecule has 0 aromatic carbocycles. The molecule has 0 N–H and O–H groups in total. The minimum Gasteiger partial charge on any atom is -0.462 e. The van der Waals surface area contributed by atoms with E-state index in [1.807, 2.05) is 19.0 Å². The average molecular weight is 808 g/mol. The summed E-state index contributed by atoms with van der Waals surface area (Å²) in [7, 11) is 3.86. The summed E-state index contributed by atoms with van der Waals surface area (Å²) in [6.07, 6.45) is 1.30. The number of amides is 3. The lowest BCUT2D eigenvalue weighted by atomic mass is 10.0.